The van der Waals surface area contributed by atoms with Crippen molar-refractivity contribution < 1.29 is 14.9 Å². The fourth-order valence-corrected chi connectivity index (χ4v) is 4.61. The summed E-state index contributed by atoms with van der Waals surface area (Å²) in [6.07, 6.45) is 20.2. The largest absolute Gasteiger partial charge is 0.396 e. The van der Waals surface area contributed by atoms with Crippen LogP contribution in [0, 0.1) is 11.8 Å². The number of ether oxygens (including phenoxy) is 1. The minimum atomic E-state index is -0.282. The molecule has 2 saturated heterocycles. The molecule has 2 bridgehead atoms. The zero-order valence-electron chi connectivity index (χ0n) is 16.2. The van der Waals surface area contributed by atoms with E-state index in [1.54, 1.807) is 0 Å². The van der Waals surface area contributed by atoms with Crippen LogP contribution in [0.25, 0.3) is 0 Å². The second-order valence-electron chi connectivity index (χ2n) is 8.11. The molecule has 0 saturated carbocycles. The summed E-state index contributed by atoms with van der Waals surface area (Å²) in [5.74, 6) is 1.17. The van der Waals surface area contributed by atoms with Gasteiger partial charge < -0.3 is 14.9 Å². The van der Waals surface area contributed by atoms with Gasteiger partial charge in [0.15, 0.2) is 0 Å². The Morgan fingerprint density at radius 3 is 2.48 bits per heavy atom. The predicted molar refractivity (Wildman–Crippen MR) is 104 cm³/mol. The van der Waals surface area contributed by atoms with E-state index in [4.69, 9.17) is 9.84 Å². The monoisotopic (exact) mass is 352 g/mol. The van der Waals surface area contributed by atoms with E-state index >= 15 is 0 Å². The molecule has 0 amide bonds. The highest BCUT2D eigenvalue weighted by Crippen LogP contribution is 2.46. The summed E-state index contributed by atoms with van der Waals surface area (Å²) in [5, 5.41) is 19.1. The first-order valence-electron chi connectivity index (χ1n) is 10.9. The summed E-state index contributed by atoms with van der Waals surface area (Å²) in [5.41, 5.74) is 0. The van der Waals surface area contributed by atoms with Crippen molar-refractivity contribution in [2.24, 2.45) is 11.8 Å². The maximum Gasteiger partial charge on any atom is 0.0721 e. The lowest BCUT2D eigenvalue weighted by Gasteiger charge is -2.26. The lowest BCUT2D eigenvalue weighted by Crippen LogP contribution is -2.26. The Bertz CT molecular complexity index is 368. The van der Waals surface area contributed by atoms with Crippen molar-refractivity contribution in [2.75, 3.05) is 6.61 Å². The van der Waals surface area contributed by atoms with Gasteiger partial charge in [0.05, 0.1) is 18.3 Å². The molecule has 0 spiro atoms. The van der Waals surface area contributed by atoms with Crippen LogP contribution in [0.1, 0.15) is 90.4 Å². The molecular formula is C22H40O3. The average molecular weight is 353 g/mol. The Kier molecular flexibility index (Phi) is 10.1. The summed E-state index contributed by atoms with van der Waals surface area (Å²) in [6.45, 7) is 2.55. The lowest BCUT2D eigenvalue weighted by molar-refractivity contribution is 0.0884. The third-order valence-electron chi connectivity index (χ3n) is 6.09. The number of aliphatic hydroxyl groups excluding tert-OH is 2. The fraction of sp³-hybridized carbons (Fsp3) is 0.909. The highest BCUT2D eigenvalue weighted by atomic mass is 16.5. The normalized spacial score (nSPS) is 29.7. The number of hydrogen-bond acceptors (Lipinski definition) is 3. The maximum atomic E-state index is 10.2. The summed E-state index contributed by atoms with van der Waals surface area (Å²) in [6, 6.07) is 0. The summed E-state index contributed by atoms with van der Waals surface area (Å²) in [7, 11) is 0. The second kappa shape index (κ2) is 12.1. The quantitative estimate of drug-likeness (QED) is 0.342. The molecular weight excluding hydrogens is 312 g/mol. The number of hydrogen-bond donors (Lipinski definition) is 2. The number of unbranched alkanes of at least 4 members (excludes halogenated alkanes) is 7. The van der Waals surface area contributed by atoms with E-state index in [-0.39, 0.29) is 6.10 Å². The fourth-order valence-electron chi connectivity index (χ4n) is 4.61. The average Bonchev–Trinajstić information content (AvgIpc) is 3.21. The van der Waals surface area contributed by atoms with Crippen LogP contribution in [0.3, 0.4) is 0 Å². The first kappa shape index (κ1) is 20.9. The Hall–Kier alpha value is -0.380. The van der Waals surface area contributed by atoms with Crippen molar-refractivity contribution in [3.63, 3.8) is 0 Å². The van der Waals surface area contributed by atoms with E-state index in [1.165, 1.54) is 57.8 Å². The zero-order chi connectivity index (χ0) is 17.9. The van der Waals surface area contributed by atoms with Gasteiger partial charge in [-0.05, 0) is 38.0 Å². The third kappa shape index (κ3) is 7.03. The van der Waals surface area contributed by atoms with Crippen LogP contribution in [0.15, 0.2) is 12.2 Å². The molecule has 2 fully saturated rings. The summed E-state index contributed by atoms with van der Waals surface area (Å²) >= 11 is 0. The molecule has 146 valence electrons. The van der Waals surface area contributed by atoms with Crippen molar-refractivity contribution >= 4 is 0 Å². The molecule has 3 nitrogen and oxygen atoms in total. The highest BCUT2D eigenvalue weighted by Gasteiger charge is 2.46. The number of aliphatic hydroxyl groups is 2. The van der Waals surface area contributed by atoms with Gasteiger partial charge in [-0.2, -0.15) is 0 Å². The van der Waals surface area contributed by atoms with Crippen LogP contribution in [0.4, 0.5) is 0 Å². The van der Waals surface area contributed by atoms with Crippen molar-refractivity contribution in [1.29, 1.82) is 0 Å². The smallest absolute Gasteiger partial charge is 0.0721 e. The van der Waals surface area contributed by atoms with Gasteiger partial charge in [0, 0.05) is 12.5 Å². The Morgan fingerprint density at radius 1 is 0.960 bits per heavy atom. The van der Waals surface area contributed by atoms with Gasteiger partial charge in [-0.15, -0.1) is 0 Å². The SMILES string of the molecule is CCCCCCC(O)C=C[C@H]1[C@@H](CCCCCCCO)[C@H]2CC[C@@H]1O2. The molecule has 1 unspecified atom stereocenters. The van der Waals surface area contributed by atoms with Crippen molar-refractivity contribution in [1.82, 2.24) is 0 Å². The molecule has 3 heteroatoms. The van der Waals surface area contributed by atoms with Gasteiger partial charge >= 0.3 is 0 Å². The molecule has 25 heavy (non-hydrogen) atoms. The van der Waals surface area contributed by atoms with Crippen LogP contribution >= 0.6 is 0 Å². The van der Waals surface area contributed by atoms with Crippen LogP contribution < -0.4 is 0 Å². The molecule has 0 aliphatic carbocycles. The molecule has 2 N–H and O–H groups in total. The zero-order valence-corrected chi connectivity index (χ0v) is 16.2. The maximum absolute atomic E-state index is 10.2. The predicted octanol–water partition coefficient (Wildman–Crippen LogP) is 5.00. The highest BCUT2D eigenvalue weighted by molar-refractivity contribution is 5.06. The number of rotatable bonds is 14. The molecule has 0 radical (unpaired) electrons. The van der Waals surface area contributed by atoms with Crippen molar-refractivity contribution in [3.05, 3.63) is 12.2 Å². The van der Waals surface area contributed by atoms with E-state index in [0.29, 0.717) is 30.7 Å². The molecule has 2 aliphatic heterocycles. The molecule has 0 aromatic rings. The summed E-state index contributed by atoms with van der Waals surface area (Å²) in [4.78, 5) is 0. The second-order valence-corrected chi connectivity index (χ2v) is 8.11. The molecule has 0 aromatic carbocycles. The lowest BCUT2D eigenvalue weighted by atomic mass is 9.76. The van der Waals surface area contributed by atoms with E-state index in [9.17, 15) is 5.11 Å². The topological polar surface area (TPSA) is 49.7 Å². The van der Waals surface area contributed by atoms with Crippen LogP contribution in [-0.4, -0.2) is 35.1 Å². The van der Waals surface area contributed by atoms with Crippen molar-refractivity contribution in [3.8, 4) is 0 Å². The van der Waals surface area contributed by atoms with Gasteiger partial charge in [0.2, 0.25) is 0 Å². The minimum absolute atomic E-state index is 0.282. The molecule has 5 atom stereocenters. The molecule has 2 aliphatic rings. The third-order valence-corrected chi connectivity index (χ3v) is 6.09. The molecule has 2 rings (SSSR count). The summed E-state index contributed by atoms with van der Waals surface area (Å²) < 4.78 is 6.17. The van der Waals surface area contributed by atoms with Gasteiger partial charge in [-0.25, -0.2) is 0 Å². The van der Waals surface area contributed by atoms with Crippen molar-refractivity contribution in [2.45, 2.75) is 109 Å². The van der Waals surface area contributed by atoms with Crippen LogP contribution in [0.2, 0.25) is 0 Å². The molecule has 2 heterocycles. The molecule has 0 aromatic heterocycles. The first-order valence-corrected chi connectivity index (χ1v) is 10.9. The Morgan fingerprint density at radius 2 is 1.68 bits per heavy atom. The van der Waals surface area contributed by atoms with E-state index in [0.717, 1.165) is 25.7 Å². The minimum Gasteiger partial charge on any atom is -0.396 e. The van der Waals surface area contributed by atoms with E-state index in [1.807, 2.05) is 0 Å². The van der Waals surface area contributed by atoms with E-state index < -0.39 is 0 Å². The van der Waals surface area contributed by atoms with Crippen LogP contribution in [0.5, 0.6) is 0 Å². The first-order chi connectivity index (χ1) is 12.3. The van der Waals surface area contributed by atoms with Gasteiger partial charge in [0.25, 0.3) is 0 Å². The standard InChI is InChI=1S/C22H40O3/c1-2-3-4-8-11-18(24)13-14-20-19(21-15-16-22(20)25-21)12-9-6-5-7-10-17-23/h13-14,18-24H,2-12,15-17H2,1H3/t18?,19-,20+,21-,22+/m1/s1. The number of fused-ring (bicyclic) bond motifs is 2. The van der Waals surface area contributed by atoms with Gasteiger partial charge in [0.1, 0.15) is 0 Å². The van der Waals surface area contributed by atoms with Gasteiger partial charge in [-0.3, -0.25) is 0 Å². The Balaban J connectivity index is 1.70. The van der Waals surface area contributed by atoms with E-state index in [2.05, 4.69) is 19.1 Å². The van der Waals surface area contributed by atoms with Gasteiger partial charge in [-0.1, -0.05) is 70.4 Å². The van der Waals surface area contributed by atoms with Crippen LogP contribution in [-0.2, 0) is 4.74 Å². The Labute approximate surface area is 154 Å².